The van der Waals surface area contributed by atoms with Gasteiger partial charge in [-0.05, 0) is 47.0 Å². The Bertz CT molecular complexity index is 1040. The molecule has 1 aromatic heterocycles. The minimum absolute atomic E-state index is 0.0614. The van der Waals surface area contributed by atoms with Crippen LogP contribution in [0.3, 0.4) is 0 Å². The fourth-order valence-corrected chi connectivity index (χ4v) is 3.15. The molecule has 132 valence electrons. The van der Waals surface area contributed by atoms with E-state index in [1.54, 1.807) is 24.5 Å². The van der Waals surface area contributed by atoms with Gasteiger partial charge < -0.3 is 5.32 Å². The maximum absolute atomic E-state index is 11.4. The van der Waals surface area contributed by atoms with Crippen LogP contribution < -0.4 is 10.5 Å². The van der Waals surface area contributed by atoms with Crippen LogP contribution in [0.2, 0.25) is 0 Å². The number of amides is 1. The van der Waals surface area contributed by atoms with Crippen LogP contribution >= 0.6 is 0 Å². The van der Waals surface area contributed by atoms with Crippen molar-refractivity contribution in [3.63, 3.8) is 0 Å². The summed E-state index contributed by atoms with van der Waals surface area (Å²) < 4.78 is 22.8. The zero-order valence-corrected chi connectivity index (χ0v) is 14.8. The SMILES string of the molecule is CC(=O)Nc1ccc(-c2ccncc2-c2ccc(S(N)(=O)=O)cc2)cc1. The highest BCUT2D eigenvalue weighted by molar-refractivity contribution is 7.89. The van der Waals surface area contributed by atoms with Crippen LogP contribution in [0.1, 0.15) is 6.92 Å². The van der Waals surface area contributed by atoms with Crippen LogP contribution in [0.4, 0.5) is 5.69 Å². The third kappa shape index (κ3) is 3.96. The summed E-state index contributed by atoms with van der Waals surface area (Å²) in [5.41, 5.74) is 4.30. The van der Waals surface area contributed by atoms with Gasteiger partial charge in [-0.2, -0.15) is 0 Å². The van der Waals surface area contributed by atoms with Crippen molar-refractivity contribution in [2.45, 2.75) is 11.8 Å². The first kappa shape index (κ1) is 17.8. The zero-order valence-electron chi connectivity index (χ0n) is 14.0. The van der Waals surface area contributed by atoms with Crippen LogP contribution in [0.15, 0.2) is 71.9 Å². The van der Waals surface area contributed by atoms with Crippen molar-refractivity contribution in [3.8, 4) is 22.3 Å². The number of hydrogen-bond donors (Lipinski definition) is 2. The molecule has 3 rings (SSSR count). The van der Waals surface area contributed by atoms with Gasteiger partial charge in [-0.3, -0.25) is 9.78 Å². The molecule has 0 radical (unpaired) electrons. The quantitative estimate of drug-likeness (QED) is 0.740. The van der Waals surface area contributed by atoms with E-state index < -0.39 is 10.0 Å². The molecule has 0 fully saturated rings. The summed E-state index contributed by atoms with van der Waals surface area (Å²) in [7, 11) is -3.73. The summed E-state index contributed by atoms with van der Waals surface area (Å²) in [5.74, 6) is -0.128. The molecule has 3 aromatic rings. The second kappa shape index (κ2) is 7.07. The van der Waals surface area contributed by atoms with E-state index in [0.29, 0.717) is 0 Å². The van der Waals surface area contributed by atoms with Gasteiger partial charge in [0.1, 0.15) is 0 Å². The molecule has 2 aromatic carbocycles. The lowest BCUT2D eigenvalue weighted by Crippen LogP contribution is -2.11. The number of sulfonamides is 1. The monoisotopic (exact) mass is 367 g/mol. The van der Waals surface area contributed by atoms with Gasteiger partial charge in [0.05, 0.1) is 4.90 Å². The normalized spacial score (nSPS) is 11.2. The summed E-state index contributed by atoms with van der Waals surface area (Å²) >= 11 is 0. The van der Waals surface area contributed by atoms with Crippen molar-refractivity contribution >= 4 is 21.6 Å². The summed E-state index contributed by atoms with van der Waals surface area (Å²) in [6.45, 7) is 1.46. The number of aromatic nitrogens is 1. The molecule has 0 spiro atoms. The predicted molar refractivity (Wildman–Crippen MR) is 101 cm³/mol. The molecule has 1 heterocycles. The average molecular weight is 367 g/mol. The van der Waals surface area contributed by atoms with Crippen molar-refractivity contribution in [3.05, 3.63) is 67.0 Å². The van der Waals surface area contributed by atoms with E-state index in [1.807, 2.05) is 30.3 Å². The average Bonchev–Trinajstić information content (AvgIpc) is 2.61. The van der Waals surface area contributed by atoms with Crippen LogP contribution in [0.25, 0.3) is 22.3 Å². The Labute approximate surface area is 151 Å². The number of nitrogens with one attached hydrogen (secondary N) is 1. The Balaban J connectivity index is 2.00. The van der Waals surface area contributed by atoms with E-state index in [9.17, 15) is 13.2 Å². The van der Waals surface area contributed by atoms with Crippen molar-refractivity contribution in [2.75, 3.05) is 5.32 Å². The number of rotatable bonds is 4. The molecule has 0 saturated carbocycles. The number of primary sulfonamides is 1. The molecule has 7 heteroatoms. The number of carbonyl (C=O) groups is 1. The molecule has 0 unspecified atom stereocenters. The fraction of sp³-hybridized carbons (Fsp3) is 0.0526. The Morgan fingerprint density at radius 1 is 0.923 bits per heavy atom. The van der Waals surface area contributed by atoms with Crippen LogP contribution in [0, 0.1) is 0 Å². The van der Waals surface area contributed by atoms with E-state index in [0.717, 1.165) is 27.9 Å². The Morgan fingerprint density at radius 3 is 2.08 bits per heavy atom. The van der Waals surface area contributed by atoms with Gasteiger partial charge in [0.25, 0.3) is 0 Å². The minimum atomic E-state index is -3.73. The first-order chi connectivity index (χ1) is 12.3. The molecule has 26 heavy (non-hydrogen) atoms. The minimum Gasteiger partial charge on any atom is -0.326 e. The molecule has 0 aliphatic heterocycles. The second-order valence-electron chi connectivity index (χ2n) is 5.75. The van der Waals surface area contributed by atoms with E-state index >= 15 is 0 Å². The van der Waals surface area contributed by atoms with Gasteiger partial charge >= 0.3 is 0 Å². The maximum Gasteiger partial charge on any atom is 0.238 e. The number of benzene rings is 2. The molecule has 0 bridgehead atoms. The van der Waals surface area contributed by atoms with Gasteiger partial charge in [0.2, 0.25) is 15.9 Å². The summed E-state index contributed by atoms with van der Waals surface area (Å²) in [6.07, 6.45) is 3.42. The highest BCUT2D eigenvalue weighted by Gasteiger charge is 2.11. The lowest BCUT2D eigenvalue weighted by molar-refractivity contribution is -0.114. The largest absolute Gasteiger partial charge is 0.326 e. The fourth-order valence-electron chi connectivity index (χ4n) is 2.64. The van der Waals surface area contributed by atoms with Crippen molar-refractivity contribution < 1.29 is 13.2 Å². The molecule has 6 nitrogen and oxygen atoms in total. The zero-order chi connectivity index (χ0) is 18.7. The molecular formula is C19H17N3O3S. The van der Waals surface area contributed by atoms with Crippen LogP contribution in [0.5, 0.6) is 0 Å². The van der Waals surface area contributed by atoms with Gasteiger partial charge in [0, 0.05) is 30.6 Å². The van der Waals surface area contributed by atoms with Gasteiger partial charge in [-0.1, -0.05) is 24.3 Å². The first-order valence-electron chi connectivity index (χ1n) is 7.80. The number of hydrogen-bond acceptors (Lipinski definition) is 4. The van der Waals surface area contributed by atoms with E-state index in [2.05, 4.69) is 10.3 Å². The molecular weight excluding hydrogens is 350 g/mol. The van der Waals surface area contributed by atoms with E-state index in [1.165, 1.54) is 19.1 Å². The molecule has 0 aliphatic carbocycles. The highest BCUT2D eigenvalue weighted by atomic mass is 32.2. The number of nitrogens with zero attached hydrogens (tertiary/aromatic N) is 1. The Hall–Kier alpha value is -3.03. The van der Waals surface area contributed by atoms with Crippen molar-refractivity contribution in [2.24, 2.45) is 5.14 Å². The number of anilines is 1. The molecule has 3 N–H and O–H groups in total. The van der Waals surface area contributed by atoms with Crippen LogP contribution in [-0.4, -0.2) is 19.3 Å². The predicted octanol–water partition coefficient (Wildman–Crippen LogP) is 3.02. The third-order valence-electron chi connectivity index (χ3n) is 3.83. The summed E-state index contributed by atoms with van der Waals surface area (Å²) in [6, 6.07) is 15.7. The van der Waals surface area contributed by atoms with Gasteiger partial charge in [0.15, 0.2) is 0 Å². The smallest absolute Gasteiger partial charge is 0.238 e. The third-order valence-corrected chi connectivity index (χ3v) is 4.76. The Kier molecular flexibility index (Phi) is 4.83. The maximum atomic E-state index is 11.4. The highest BCUT2D eigenvalue weighted by Crippen LogP contribution is 2.32. The summed E-state index contributed by atoms with van der Waals surface area (Å²) in [4.78, 5) is 15.4. The molecule has 1 amide bonds. The topological polar surface area (TPSA) is 102 Å². The van der Waals surface area contributed by atoms with Gasteiger partial charge in [-0.25, -0.2) is 13.6 Å². The molecule has 0 atom stereocenters. The number of nitrogens with two attached hydrogens (primary N) is 1. The van der Waals surface area contributed by atoms with E-state index in [-0.39, 0.29) is 10.8 Å². The molecule has 0 aliphatic rings. The van der Waals surface area contributed by atoms with Crippen molar-refractivity contribution in [1.82, 2.24) is 4.98 Å². The number of carbonyl (C=O) groups excluding carboxylic acids is 1. The lowest BCUT2D eigenvalue weighted by Gasteiger charge is -2.11. The van der Waals surface area contributed by atoms with Crippen molar-refractivity contribution in [1.29, 1.82) is 0 Å². The first-order valence-corrected chi connectivity index (χ1v) is 9.34. The number of pyridine rings is 1. The molecule has 0 saturated heterocycles. The van der Waals surface area contributed by atoms with Crippen LogP contribution in [-0.2, 0) is 14.8 Å². The van der Waals surface area contributed by atoms with Gasteiger partial charge in [-0.15, -0.1) is 0 Å². The summed E-state index contributed by atoms with van der Waals surface area (Å²) in [5, 5.41) is 7.88. The lowest BCUT2D eigenvalue weighted by atomic mass is 9.96. The second-order valence-corrected chi connectivity index (χ2v) is 7.31. The standard InChI is InChI=1S/C19H17N3O3S/c1-13(23)22-16-6-2-14(3-7-16)18-10-11-21-12-19(18)15-4-8-17(9-5-15)26(20,24)25/h2-12H,1H3,(H,22,23)(H2,20,24,25). The Morgan fingerprint density at radius 2 is 1.50 bits per heavy atom. The van der Waals surface area contributed by atoms with E-state index in [4.69, 9.17) is 5.14 Å².